The van der Waals surface area contributed by atoms with Crippen LogP contribution in [0.4, 0.5) is 10.1 Å². The Bertz CT molecular complexity index is 1080. The fraction of sp³-hybridized carbons (Fsp3) is 0.391. The van der Waals surface area contributed by atoms with Gasteiger partial charge in [-0.05, 0) is 49.1 Å². The van der Waals surface area contributed by atoms with E-state index in [0.717, 1.165) is 19.3 Å². The number of nitrogens with zero attached hydrogens (tertiary/aromatic N) is 1. The molecule has 2 amide bonds. The Morgan fingerprint density at radius 1 is 1.00 bits per heavy atom. The molecule has 172 valence electrons. The molecule has 1 fully saturated rings. The van der Waals surface area contributed by atoms with Gasteiger partial charge in [-0.15, -0.1) is 0 Å². The number of rotatable bonds is 7. The molecule has 1 heterocycles. The summed E-state index contributed by atoms with van der Waals surface area (Å²) in [5.74, 6) is -2.18. The van der Waals surface area contributed by atoms with E-state index in [9.17, 15) is 22.4 Å². The number of hydrogen-bond donors (Lipinski definition) is 2. The molecule has 1 saturated heterocycles. The first-order valence-corrected chi connectivity index (χ1v) is 12.1. The molecule has 3 rings (SSSR count). The standard InChI is InChI=1S/C23H28FN3O4S/c1-16(2)21(26-22(28)19-11-4-5-12-20(19)24)23(29)25-17-9-8-10-18(15-17)32(30,31)27-13-6-3-7-14-27/h4-5,8-12,15-16,21H,3,6-7,13-14H2,1-2H3,(H,25,29)(H,26,28). The molecule has 2 aromatic rings. The summed E-state index contributed by atoms with van der Waals surface area (Å²) >= 11 is 0. The Morgan fingerprint density at radius 2 is 1.69 bits per heavy atom. The highest BCUT2D eigenvalue weighted by atomic mass is 32.2. The summed E-state index contributed by atoms with van der Waals surface area (Å²) in [5.41, 5.74) is 0.152. The lowest BCUT2D eigenvalue weighted by molar-refractivity contribution is -0.118. The molecule has 2 aromatic carbocycles. The summed E-state index contributed by atoms with van der Waals surface area (Å²) in [7, 11) is -3.65. The highest BCUT2D eigenvalue weighted by Crippen LogP contribution is 2.23. The van der Waals surface area contributed by atoms with Gasteiger partial charge in [-0.2, -0.15) is 4.31 Å². The second-order valence-electron chi connectivity index (χ2n) is 8.16. The van der Waals surface area contributed by atoms with Crippen LogP contribution in [-0.2, 0) is 14.8 Å². The van der Waals surface area contributed by atoms with Gasteiger partial charge in [-0.1, -0.05) is 38.5 Å². The lowest BCUT2D eigenvalue weighted by atomic mass is 10.0. The van der Waals surface area contributed by atoms with Crippen molar-refractivity contribution in [3.05, 3.63) is 59.9 Å². The fourth-order valence-corrected chi connectivity index (χ4v) is 5.17. The summed E-state index contributed by atoms with van der Waals surface area (Å²) in [6.07, 6.45) is 2.66. The van der Waals surface area contributed by atoms with E-state index >= 15 is 0 Å². The monoisotopic (exact) mass is 461 g/mol. The zero-order valence-corrected chi connectivity index (χ0v) is 19.0. The molecule has 0 bridgehead atoms. The van der Waals surface area contributed by atoms with E-state index in [0.29, 0.717) is 18.8 Å². The van der Waals surface area contributed by atoms with E-state index < -0.39 is 33.7 Å². The van der Waals surface area contributed by atoms with Crippen molar-refractivity contribution in [1.29, 1.82) is 0 Å². The molecule has 9 heteroatoms. The quantitative estimate of drug-likeness (QED) is 0.661. The zero-order chi connectivity index (χ0) is 23.3. The summed E-state index contributed by atoms with van der Waals surface area (Å²) in [6.45, 7) is 4.47. The van der Waals surface area contributed by atoms with Gasteiger partial charge >= 0.3 is 0 Å². The summed E-state index contributed by atoms with van der Waals surface area (Å²) in [5, 5.41) is 5.25. The lowest BCUT2D eigenvalue weighted by Crippen LogP contribution is -2.47. The zero-order valence-electron chi connectivity index (χ0n) is 18.2. The first-order valence-electron chi connectivity index (χ1n) is 10.7. The predicted molar refractivity (Wildman–Crippen MR) is 120 cm³/mol. The Balaban J connectivity index is 1.75. The van der Waals surface area contributed by atoms with Crippen LogP contribution < -0.4 is 10.6 Å². The molecule has 2 N–H and O–H groups in total. The minimum atomic E-state index is -3.65. The Labute approximate surface area is 188 Å². The second kappa shape index (κ2) is 10.2. The van der Waals surface area contributed by atoms with Gasteiger partial charge in [0.2, 0.25) is 15.9 Å². The number of carbonyl (C=O) groups excluding carboxylic acids is 2. The van der Waals surface area contributed by atoms with Gasteiger partial charge in [0, 0.05) is 18.8 Å². The number of hydrogen-bond acceptors (Lipinski definition) is 4. The van der Waals surface area contributed by atoms with E-state index in [1.165, 1.54) is 40.7 Å². The van der Waals surface area contributed by atoms with Gasteiger partial charge in [0.05, 0.1) is 10.5 Å². The first-order chi connectivity index (χ1) is 15.2. The van der Waals surface area contributed by atoms with E-state index in [4.69, 9.17) is 0 Å². The normalized spacial score (nSPS) is 15.9. The topological polar surface area (TPSA) is 95.6 Å². The minimum Gasteiger partial charge on any atom is -0.340 e. The Hall–Kier alpha value is -2.78. The van der Waals surface area contributed by atoms with Crippen molar-refractivity contribution in [3.8, 4) is 0 Å². The minimum absolute atomic E-state index is 0.105. The van der Waals surface area contributed by atoms with Crippen molar-refractivity contribution in [2.24, 2.45) is 5.92 Å². The molecule has 0 radical (unpaired) electrons. The van der Waals surface area contributed by atoms with Crippen molar-refractivity contribution < 1.29 is 22.4 Å². The van der Waals surface area contributed by atoms with Crippen molar-refractivity contribution in [2.75, 3.05) is 18.4 Å². The third-order valence-corrected chi connectivity index (χ3v) is 7.30. The number of amides is 2. The molecule has 1 atom stereocenters. The van der Waals surface area contributed by atoms with Crippen LogP contribution >= 0.6 is 0 Å². The van der Waals surface area contributed by atoms with Crippen molar-refractivity contribution in [2.45, 2.75) is 44.0 Å². The first kappa shape index (κ1) is 23.9. The lowest BCUT2D eigenvalue weighted by Gasteiger charge is -2.26. The van der Waals surface area contributed by atoms with Gasteiger partial charge in [0.15, 0.2) is 0 Å². The van der Waals surface area contributed by atoms with Crippen molar-refractivity contribution in [1.82, 2.24) is 9.62 Å². The third-order valence-electron chi connectivity index (χ3n) is 5.41. The molecular formula is C23H28FN3O4S. The summed E-state index contributed by atoms with van der Waals surface area (Å²) < 4.78 is 41.2. The van der Waals surface area contributed by atoms with Gasteiger partial charge < -0.3 is 10.6 Å². The molecule has 1 aliphatic heterocycles. The number of nitrogens with one attached hydrogen (secondary N) is 2. The smallest absolute Gasteiger partial charge is 0.254 e. The fourth-order valence-electron chi connectivity index (χ4n) is 3.61. The van der Waals surface area contributed by atoms with E-state index in [1.54, 1.807) is 26.0 Å². The largest absolute Gasteiger partial charge is 0.340 e. The van der Waals surface area contributed by atoms with Crippen LogP contribution in [0.3, 0.4) is 0 Å². The summed E-state index contributed by atoms with van der Waals surface area (Å²) in [6, 6.07) is 10.7. The van der Waals surface area contributed by atoms with Crippen LogP contribution in [0.2, 0.25) is 0 Å². The predicted octanol–water partition coefficient (Wildman–Crippen LogP) is 3.39. The van der Waals surface area contributed by atoms with E-state index in [-0.39, 0.29) is 16.4 Å². The van der Waals surface area contributed by atoms with Crippen molar-refractivity contribution in [3.63, 3.8) is 0 Å². The maximum absolute atomic E-state index is 13.9. The maximum atomic E-state index is 13.9. The van der Waals surface area contributed by atoms with E-state index in [1.807, 2.05) is 0 Å². The van der Waals surface area contributed by atoms with Crippen LogP contribution in [0.1, 0.15) is 43.5 Å². The Kier molecular flexibility index (Phi) is 7.63. The highest BCUT2D eigenvalue weighted by Gasteiger charge is 2.28. The van der Waals surface area contributed by atoms with Crippen LogP contribution in [0.15, 0.2) is 53.4 Å². The third kappa shape index (κ3) is 5.52. The highest BCUT2D eigenvalue weighted by molar-refractivity contribution is 7.89. The molecule has 0 aliphatic carbocycles. The maximum Gasteiger partial charge on any atom is 0.254 e. The molecular weight excluding hydrogens is 433 g/mol. The van der Waals surface area contributed by atoms with Gasteiger partial charge in [0.1, 0.15) is 11.9 Å². The SMILES string of the molecule is CC(C)C(NC(=O)c1ccccc1F)C(=O)Nc1cccc(S(=O)(=O)N2CCCCC2)c1. The average molecular weight is 462 g/mol. The van der Waals surface area contributed by atoms with Crippen LogP contribution in [-0.4, -0.2) is 43.7 Å². The molecule has 1 aliphatic rings. The van der Waals surface area contributed by atoms with Gasteiger partial charge in [-0.25, -0.2) is 12.8 Å². The number of anilines is 1. The molecule has 0 spiro atoms. The number of sulfonamides is 1. The molecule has 7 nitrogen and oxygen atoms in total. The number of halogens is 1. The van der Waals surface area contributed by atoms with Gasteiger partial charge in [-0.3, -0.25) is 9.59 Å². The molecule has 0 aromatic heterocycles. The molecule has 1 unspecified atom stereocenters. The van der Waals surface area contributed by atoms with Crippen LogP contribution in [0, 0.1) is 11.7 Å². The van der Waals surface area contributed by atoms with Crippen molar-refractivity contribution >= 4 is 27.5 Å². The number of carbonyl (C=O) groups is 2. The second-order valence-corrected chi connectivity index (χ2v) is 10.1. The summed E-state index contributed by atoms with van der Waals surface area (Å²) in [4.78, 5) is 25.5. The van der Waals surface area contributed by atoms with Crippen LogP contribution in [0.25, 0.3) is 0 Å². The van der Waals surface area contributed by atoms with Crippen LogP contribution in [0.5, 0.6) is 0 Å². The van der Waals surface area contributed by atoms with Gasteiger partial charge in [0.25, 0.3) is 5.91 Å². The average Bonchev–Trinajstić information content (AvgIpc) is 2.78. The Morgan fingerprint density at radius 3 is 2.34 bits per heavy atom. The molecule has 0 saturated carbocycles. The number of piperidine rings is 1. The number of benzene rings is 2. The molecule has 32 heavy (non-hydrogen) atoms. The van der Waals surface area contributed by atoms with E-state index in [2.05, 4.69) is 10.6 Å².